The smallest absolute Gasteiger partial charge is 0.307 e. The molecular formula is C25H21N7O2. The van der Waals surface area contributed by atoms with E-state index in [-0.39, 0.29) is 6.42 Å². The summed E-state index contributed by atoms with van der Waals surface area (Å²) >= 11 is 0. The summed E-state index contributed by atoms with van der Waals surface area (Å²) in [4.78, 5) is 29.1. The number of nitrogens with zero attached hydrogens (tertiary/aromatic N) is 6. The van der Waals surface area contributed by atoms with E-state index in [9.17, 15) is 4.79 Å². The molecule has 0 aliphatic carbocycles. The number of fused-ring (bicyclic) bond motifs is 1. The number of carboxylic acids is 1. The summed E-state index contributed by atoms with van der Waals surface area (Å²) in [7, 11) is 0. The van der Waals surface area contributed by atoms with Gasteiger partial charge >= 0.3 is 5.97 Å². The monoisotopic (exact) mass is 451 g/mol. The summed E-state index contributed by atoms with van der Waals surface area (Å²) in [6.45, 7) is 1.93. The van der Waals surface area contributed by atoms with Gasteiger partial charge in [-0.3, -0.25) is 4.79 Å². The van der Waals surface area contributed by atoms with Crippen molar-refractivity contribution in [2.75, 3.05) is 5.32 Å². The molecule has 0 radical (unpaired) electrons. The lowest BCUT2D eigenvalue weighted by Gasteiger charge is -2.10. The lowest BCUT2D eigenvalue weighted by Crippen LogP contribution is -2.06. The molecule has 0 unspecified atom stereocenters. The summed E-state index contributed by atoms with van der Waals surface area (Å²) in [5.41, 5.74) is 4.14. The Hall–Kier alpha value is -4.66. The van der Waals surface area contributed by atoms with Crippen LogP contribution in [0, 0.1) is 6.92 Å². The molecule has 0 aliphatic rings. The largest absolute Gasteiger partial charge is 0.481 e. The molecule has 0 amide bonds. The van der Waals surface area contributed by atoms with Gasteiger partial charge in [0.25, 0.3) is 0 Å². The predicted octanol–water partition coefficient (Wildman–Crippen LogP) is 3.85. The SMILES string of the molecule is Cc1cccc(-c2nc(Nc3ccnc(Cc4ccc(CC(=O)O)cc4)n3)c3cccn3n2)n1. The zero-order chi connectivity index (χ0) is 23.5. The minimum atomic E-state index is -0.849. The lowest BCUT2D eigenvalue weighted by atomic mass is 10.1. The van der Waals surface area contributed by atoms with E-state index >= 15 is 0 Å². The van der Waals surface area contributed by atoms with Crippen molar-refractivity contribution in [1.29, 1.82) is 0 Å². The maximum atomic E-state index is 10.9. The van der Waals surface area contributed by atoms with Crippen molar-refractivity contribution < 1.29 is 9.90 Å². The van der Waals surface area contributed by atoms with Crippen molar-refractivity contribution in [3.05, 3.63) is 95.7 Å². The average Bonchev–Trinajstić information content (AvgIpc) is 3.30. The number of carboxylic acid groups (broad SMARTS) is 1. The van der Waals surface area contributed by atoms with Gasteiger partial charge in [-0.1, -0.05) is 30.3 Å². The van der Waals surface area contributed by atoms with Crippen LogP contribution < -0.4 is 5.32 Å². The topological polar surface area (TPSA) is 118 Å². The summed E-state index contributed by atoms with van der Waals surface area (Å²) in [6.07, 6.45) is 4.08. The van der Waals surface area contributed by atoms with Gasteiger partial charge in [-0.05, 0) is 48.4 Å². The van der Waals surface area contributed by atoms with Crippen LogP contribution in [0.15, 0.2) is 73.1 Å². The first kappa shape index (κ1) is 21.2. The van der Waals surface area contributed by atoms with Crippen LogP contribution in [0.2, 0.25) is 0 Å². The molecule has 4 aromatic heterocycles. The fraction of sp³-hybridized carbons (Fsp3) is 0.120. The van der Waals surface area contributed by atoms with Crippen LogP contribution >= 0.6 is 0 Å². The highest BCUT2D eigenvalue weighted by molar-refractivity contribution is 5.73. The highest BCUT2D eigenvalue weighted by Gasteiger charge is 2.12. The van der Waals surface area contributed by atoms with Crippen molar-refractivity contribution in [2.45, 2.75) is 19.8 Å². The van der Waals surface area contributed by atoms with E-state index in [2.05, 4.69) is 25.4 Å². The minimum Gasteiger partial charge on any atom is -0.481 e. The maximum absolute atomic E-state index is 10.9. The van der Waals surface area contributed by atoms with Crippen LogP contribution in [0.1, 0.15) is 22.6 Å². The van der Waals surface area contributed by atoms with Gasteiger partial charge in [0.15, 0.2) is 5.82 Å². The summed E-state index contributed by atoms with van der Waals surface area (Å²) < 4.78 is 1.76. The molecule has 0 atom stereocenters. The van der Waals surface area contributed by atoms with Crippen LogP contribution in [0.25, 0.3) is 17.0 Å². The molecule has 0 bridgehead atoms. The second kappa shape index (κ2) is 9.07. The van der Waals surface area contributed by atoms with Crippen LogP contribution in [0.5, 0.6) is 0 Å². The van der Waals surface area contributed by atoms with Gasteiger partial charge in [0.2, 0.25) is 5.82 Å². The van der Waals surface area contributed by atoms with E-state index in [0.717, 1.165) is 22.3 Å². The van der Waals surface area contributed by atoms with Crippen LogP contribution in [-0.4, -0.2) is 40.6 Å². The molecule has 0 fully saturated rings. The number of pyridine rings is 1. The molecule has 0 spiro atoms. The zero-order valence-electron chi connectivity index (χ0n) is 18.4. The van der Waals surface area contributed by atoms with Crippen molar-refractivity contribution in [2.24, 2.45) is 0 Å². The number of anilines is 2. The molecule has 34 heavy (non-hydrogen) atoms. The number of hydrogen-bond acceptors (Lipinski definition) is 7. The van der Waals surface area contributed by atoms with E-state index in [1.807, 2.05) is 67.7 Å². The lowest BCUT2D eigenvalue weighted by molar-refractivity contribution is -0.136. The Kier molecular flexibility index (Phi) is 5.65. The predicted molar refractivity (Wildman–Crippen MR) is 127 cm³/mol. The summed E-state index contributed by atoms with van der Waals surface area (Å²) in [6, 6.07) is 18.8. The summed E-state index contributed by atoms with van der Waals surface area (Å²) in [5, 5.41) is 16.8. The van der Waals surface area contributed by atoms with E-state index in [1.54, 1.807) is 16.8 Å². The molecule has 0 saturated heterocycles. The fourth-order valence-electron chi connectivity index (χ4n) is 3.61. The average molecular weight is 451 g/mol. The van der Waals surface area contributed by atoms with Crippen molar-refractivity contribution in [3.63, 3.8) is 0 Å². The Morgan fingerprint density at radius 1 is 0.971 bits per heavy atom. The number of aryl methyl sites for hydroxylation is 1. The third-order valence-electron chi connectivity index (χ3n) is 5.20. The summed E-state index contributed by atoms with van der Waals surface area (Å²) in [5.74, 6) is 1.51. The number of aromatic nitrogens is 6. The Balaban J connectivity index is 1.40. The van der Waals surface area contributed by atoms with Gasteiger partial charge < -0.3 is 10.4 Å². The molecule has 9 nitrogen and oxygen atoms in total. The van der Waals surface area contributed by atoms with Gasteiger partial charge in [0.1, 0.15) is 22.9 Å². The third-order valence-corrected chi connectivity index (χ3v) is 5.20. The molecule has 0 aliphatic heterocycles. The number of hydrogen-bond donors (Lipinski definition) is 2. The third kappa shape index (κ3) is 4.73. The number of aliphatic carboxylic acids is 1. The van der Waals surface area contributed by atoms with E-state index in [4.69, 9.17) is 10.1 Å². The molecule has 2 N–H and O–H groups in total. The van der Waals surface area contributed by atoms with E-state index < -0.39 is 5.97 Å². The fourth-order valence-corrected chi connectivity index (χ4v) is 3.61. The molecule has 9 heteroatoms. The quantitative estimate of drug-likeness (QED) is 0.383. The first-order valence-corrected chi connectivity index (χ1v) is 10.7. The van der Waals surface area contributed by atoms with Gasteiger partial charge in [-0.15, -0.1) is 5.10 Å². The molecule has 4 heterocycles. The second-order valence-electron chi connectivity index (χ2n) is 7.83. The van der Waals surface area contributed by atoms with Gasteiger partial charge in [-0.25, -0.2) is 24.5 Å². The van der Waals surface area contributed by atoms with Crippen molar-refractivity contribution in [1.82, 2.24) is 29.5 Å². The molecule has 5 aromatic rings. The number of benzene rings is 1. The highest BCUT2D eigenvalue weighted by Crippen LogP contribution is 2.22. The standard InChI is InChI=1S/C25H21N7O2/c1-16-4-2-5-19(27-16)24-30-25(20-6-3-13-32(20)31-24)29-21-11-12-26-22(28-21)14-17-7-9-18(10-8-17)15-23(33)34/h2-13H,14-15H2,1H3,(H,33,34)(H,26,28,29,30,31). The van der Waals surface area contributed by atoms with Crippen LogP contribution in [0.3, 0.4) is 0 Å². The molecule has 0 saturated carbocycles. The van der Waals surface area contributed by atoms with Gasteiger partial charge in [0.05, 0.1) is 6.42 Å². The molecule has 5 rings (SSSR count). The Labute approximate surface area is 195 Å². The molecular weight excluding hydrogens is 430 g/mol. The van der Waals surface area contributed by atoms with E-state index in [1.165, 1.54) is 0 Å². The maximum Gasteiger partial charge on any atom is 0.307 e. The van der Waals surface area contributed by atoms with Crippen LogP contribution in [0.4, 0.5) is 11.6 Å². The normalized spacial score (nSPS) is 11.0. The first-order chi connectivity index (χ1) is 16.5. The zero-order valence-corrected chi connectivity index (χ0v) is 18.4. The minimum absolute atomic E-state index is 0.00336. The van der Waals surface area contributed by atoms with Crippen LogP contribution in [-0.2, 0) is 17.6 Å². The molecule has 168 valence electrons. The van der Waals surface area contributed by atoms with Gasteiger partial charge in [0, 0.05) is 24.5 Å². The van der Waals surface area contributed by atoms with Crippen molar-refractivity contribution in [3.8, 4) is 11.5 Å². The number of carbonyl (C=O) groups is 1. The Bertz CT molecular complexity index is 1480. The number of rotatable bonds is 7. The van der Waals surface area contributed by atoms with E-state index in [0.29, 0.717) is 35.4 Å². The second-order valence-corrected chi connectivity index (χ2v) is 7.83. The first-order valence-electron chi connectivity index (χ1n) is 10.7. The van der Waals surface area contributed by atoms with Crippen molar-refractivity contribution >= 4 is 23.1 Å². The highest BCUT2D eigenvalue weighted by atomic mass is 16.4. The Morgan fingerprint density at radius 2 is 1.79 bits per heavy atom. The molecule has 1 aromatic carbocycles. The number of nitrogens with one attached hydrogen (secondary N) is 1. The van der Waals surface area contributed by atoms with Gasteiger partial charge in [-0.2, -0.15) is 0 Å². The Morgan fingerprint density at radius 3 is 2.59 bits per heavy atom.